The first-order valence-electron chi connectivity index (χ1n) is 6.56. The van der Waals surface area contributed by atoms with Crippen LogP contribution in [0.5, 0.6) is 0 Å². The molecule has 0 unspecified atom stereocenters. The highest BCUT2D eigenvalue weighted by Crippen LogP contribution is 2.22. The molecule has 0 atom stereocenters. The lowest BCUT2D eigenvalue weighted by molar-refractivity contribution is 0.719. The number of thiazole rings is 1. The SMILES string of the molecule is CC(C)NC(N)=NCCCc1nc2ccccc2s1. The Bertz CT molecular complexity index is 526. The van der Waals surface area contributed by atoms with Crippen LogP contribution in [-0.2, 0) is 6.42 Å². The van der Waals surface area contributed by atoms with Gasteiger partial charge in [-0.05, 0) is 32.4 Å². The largest absolute Gasteiger partial charge is 0.370 e. The molecule has 102 valence electrons. The summed E-state index contributed by atoms with van der Waals surface area (Å²) < 4.78 is 1.25. The van der Waals surface area contributed by atoms with Crippen molar-refractivity contribution in [1.82, 2.24) is 10.3 Å². The molecule has 2 aromatic rings. The molecule has 0 aliphatic carbocycles. The number of nitrogens with two attached hydrogens (primary N) is 1. The minimum Gasteiger partial charge on any atom is -0.370 e. The van der Waals surface area contributed by atoms with Crippen molar-refractivity contribution in [2.75, 3.05) is 6.54 Å². The molecular weight excluding hydrogens is 256 g/mol. The lowest BCUT2D eigenvalue weighted by Gasteiger charge is -2.07. The summed E-state index contributed by atoms with van der Waals surface area (Å²) in [6.07, 6.45) is 1.93. The van der Waals surface area contributed by atoms with E-state index in [9.17, 15) is 0 Å². The number of guanidine groups is 1. The molecule has 1 aromatic carbocycles. The van der Waals surface area contributed by atoms with E-state index in [2.05, 4.69) is 27.4 Å². The Balaban J connectivity index is 1.82. The van der Waals surface area contributed by atoms with Gasteiger partial charge in [-0.15, -0.1) is 11.3 Å². The standard InChI is InChI=1S/C14H20N4S/c1-10(2)17-14(15)16-9-5-8-13-18-11-6-3-4-7-12(11)19-13/h3-4,6-7,10H,5,8-9H2,1-2H3,(H3,15,16,17). The Morgan fingerprint density at radius 2 is 2.21 bits per heavy atom. The molecule has 0 aliphatic rings. The topological polar surface area (TPSA) is 63.3 Å². The van der Waals surface area contributed by atoms with E-state index in [-0.39, 0.29) is 0 Å². The number of nitrogens with zero attached hydrogens (tertiary/aromatic N) is 2. The lowest BCUT2D eigenvalue weighted by atomic mass is 10.3. The molecule has 0 fully saturated rings. The second-order valence-corrected chi connectivity index (χ2v) is 5.86. The van der Waals surface area contributed by atoms with Gasteiger partial charge < -0.3 is 11.1 Å². The highest BCUT2D eigenvalue weighted by molar-refractivity contribution is 7.18. The second kappa shape index (κ2) is 6.52. The number of nitrogens with one attached hydrogen (secondary N) is 1. The van der Waals surface area contributed by atoms with Crippen molar-refractivity contribution < 1.29 is 0 Å². The van der Waals surface area contributed by atoms with Crippen LogP contribution in [0.4, 0.5) is 0 Å². The summed E-state index contributed by atoms with van der Waals surface area (Å²) >= 11 is 1.76. The number of aliphatic imine (C=N–C) groups is 1. The van der Waals surface area contributed by atoms with E-state index >= 15 is 0 Å². The molecule has 0 saturated heterocycles. The number of hydrogen-bond acceptors (Lipinski definition) is 3. The van der Waals surface area contributed by atoms with Crippen molar-refractivity contribution in [1.29, 1.82) is 0 Å². The molecular formula is C14H20N4S. The van der Waals surface area contributed by atoms with Crippen molar-refractivity contribution in [3.63, 3.8) is 0 Å². The van der Waals surface area contributed by atoms with Crippen LogP contribution >= 0.6 is 11.3 Å². The van der Waals surface area contributed by atoms with Gasteiger partial charge in [0, 0.05) is 19.0 Å². The predicted octanol–water partition coefficient (Wildman–Crippen LogP) is 2.54. The maximum atomic E-state index is 5.74. The van der Waals surface area contributed by atoms with Gasteiger partial charge >= 0.3 is 0 Å². The summed E-state index contributed by atoms with van der Waals surface area (Å²) in [6.45, 7) is 4.83. The molecule has 0 saturated carbocycles. The fourth-order valence-corrected chi connectivity index (χ4v) is 2.81. The summed E-state index contributed by atoms with van der Waals surface area (Å²) in [5.74, 6) is 0.527. The predicted molar refractivity (Wildman–Crippen MR) is 82.7 cm³/mol. The zero-order valence-corrected chi connectivity index (χ0v) is 12.2. The molecule has 19 heavy (non-hydrogen) atoms. The van der Waals surface area contributed by atoms with Gasteiger partial charge in [0.25, 0.3) is 0 Å². The third kappa shape index (κ3) is 4.21. The molecule has 0 aliphatic heterocycles. The molecule has 3 N–H and O–H groups in total. The van der Waals surface area contributed by atoms with Crippen LogP contribution in [-0.4, -0.2) is 23.5 Å². The molecule has 0 spiro atoms. The minimum atomic E-state index is 0.327. The first-order valence-corrected chi connectivity index (χ1v) is 7.37. The van der Waals surface area contributed by atoms with Crippen LogP contribution in [0.2, 0.25) is 0 Å². The number of aryl methyl sites for hydroxylation is 1. The molecule has 0 amide bonds. The van der Waals surface area contributed by atoms with E-state index in [0.29, 0.717) is 12.0 Å². The van der Waals surface area contributed by atoms with Crippen LogP contribution in [0, 0.1) is 0 Å². The average Bonchev–Trinajstić information content (AvgIpc) is 2.76. The maximum absolute atomic E-state index is 5.74. The smallest absolute Gasteiger partial charge is 0.188 e. The van der Waals surface area contributed by atoms with Gasteiger partial charge in [-0.1, -0.05) is 12.1 Å². The van der Waals surface area contributed by atoms with Gasteiger partial charge in [-0.2, -0.15) is 0 Å². The van der Waals surface area contributed by atoms with Crippen molar-refractivity contribution >= 4 is 27.5 Å². The van der Waals surface area contributed by atoms with Crippen molar-refractivity contribution in [2.24, 2.45) is 10.7 Å². The number of aromatic nitrogens is 1. The van der Waals surface area contributed by atoms with Crippen LogP contribution in [0.3, 0.4) is 0 Å². The third-order valence-corrected chi connectivity index (χ3v) is 3.70. The zero-order chi connectivity index (χ0) is 13.7. The molecule has 1 heterocycles. The minimum absolute atomic E-state index is 0.327. The number of para-hydroxylation sites is 1. The summed E-state index contributed by atoms with van der Waals surface area (Å²) in [5.41, 5.74) is 6.83. The van der Waals surface area contributed by atoms with Gasteiger partial charge in [0.2, 0.25) is 0 Å². The first-order chi connectivity index (χ1) is 9.15. The Morgan fingerprint density at radius 1 is 1.42 bits per heavy atom. The van der Waals surface area contributed by atoms with Gasteiger partial charge in [0.05, 0.1) is 15.2 Å². The highest BCUT2D eigenvalue weighted by atomic mass is 32.1. The van der Waals surface area contributed by atoms with Crippen molar-refractivity contribution in [3.05, 3.63) is 29.3 Å². The fourth-order valence-electron chi connectivity index (χ4n) is 1.80. The van der Waals surface area contributed by atoms with Crippen molar-refractivity contribution in [2.45, 2.75) is 32.7 Å². The van der Waals surface area contributed by atoms with Crippen LogP contribution in [0.15, 0.2) is 29.3 Å². The summed E-state index contributed by atoms with van der Waals surface area (Å²) in [4.78, 5) is 8.89. The Morgan fingerprint density at radius 3 is 2.95 bits per heavy atom. The zero-order valence-electron chi connectivity index (χ0n) is 11.4. The number of benzene rings is 1. The molecule has 0 radical (unpaired) electrons. The molecule has 2 rings (SSSR count). The number of fused-ring (bicyclic) bond motifs is 1. The van der Waals surface area contributed by atoms with E-state index in [1.54, 1.807) is 11.3 Å². The second-order valence-electron chi connectivity index (χ2n) is 4.74. The summed E-state index contributed by atoms with van der Waals surface area (Å²) in [7, 11) is 0. The van der Waals surface area contributed by atoms with E-state index in [1.807, 2.05) is 26.0 Å². The van der Waals surface area contributed by atoms with E-state index in [1.165, 1.54) is 9.71 Å². The monoisotopic (exact) mass is 276 g/mol. The third-order valence-electron chi connectivity index (χ3n) is 2.61. The first kappa shape index (κ1) is 13.8. The van der Waals surface area contributed by atoms with Gasteiger partial charge in [-0.3, -0.25) is 4.99 Å². The van der Waals surface area contributed by atoms with Gasteiger partial charge in [0.15, 0.2) is 5.96 Å². The highest BCUT2D eigenvalue weighted by Gasteiger charge is 2.02. The Labute approximate surface area is 117 Å². The van der Waals surface area contributed by atoms with Crippen LogP contribution in [0.1, 0.15) is 25.3 Å². The van der Waals surface area contributed by atoms with Gasteiger partial charge in [0.1, 0.15) is 0 Å². The maximum Gasteiger partial charge on any atom is 0.188 e. The summed E-state index contributed by atoms with van der Waals surface area (Å²) in [5, 5.41) is 4.25. The summed E-state index contributed by atoms with van der Waals surface area (Å²) in [6, 6.07) is 8.56. The van der Waals surface area contributed by atoms with E-state index in [0.717, 1.165) is 24.9 Å². The van der Waals surface area contributed by atoms with Crippen LogP contribution < -0.4 is 11.1 Å². The lowest BCUT2D eigenvalue weighted by Crippen LogP contribution is -2.36. The van der Waals surface area contributed by atoms with E-state index in [4.69, 9.17) is 5.73 Å². The number of rotatable bonds is 5. The normalized spacial score (nSPS) is 12.3. The Hall–Kier alpha value is -1.62. The fraction of sp³-hybridized carbons (Fsp3) is 0.429. The number of hydrogen-bond donors (Lipinski definition) is 2. The van der Waals surface area contributed by atoms with Crippen molar-refractivity contribution in [3.8, 4) is 0 Å². The molecule has 5 heteroatoms. The average molecular weight is 276 g/mol. The quantitative estimate of drug-likeness (QED) is 0.501. The van der Waals surface area contributed by atoms with E-state index < -0.39 is 0 Å². The van der Waals surface area contributed by atoms with Gasteiger partial charge in [-0.25, -0.2) is 4.98 Å². The molecule has 0 bridgehead atoms. The van der Waals surface area contributed by atoms with Crippen LogP contribution in [0.25, 0.3) is 10.2 Å². The molecule has 4 nitrogen and oxygen atoms in total. The molecule has 1 aromatic heterocycles. The Kier molecular flexibility index (Phi) is 4.74.